The minimum absolute atomic E-state index is 0.0305. The third-order valence-electron chi connectivity index (χ3n) is 2.89. The number of rotatable bonds is 3. The zero-order valence-electron chi connectivity index (χ0n) is 10.6. The fourth-order valence-electron chi connectivity index (χ4n) is 2.07. The minimum atomic E-state index is -4.64. The normalized spacial score (nSPS) is 11.4. The summed E-state index contributed by atoms with van der Waals surface area (Å²) < 4.78 is 39.1. The highest BCUT2D eigenvalue weighted by Gasteiger charge is 2.34. The van der Waals surface area contributed by atoms with E-state index in [1.807, 2.05) is 0 Å². The number of aliphatic carboxylic acids is 1. The molecule has 2 aromatic rings. The van der Waals surface area contributed by atoms with E-state index in [9.17, 15) is 22.8 Å². The SMILES string of the molecule is O=C(O)Cc1cc[nH]c(=O)c1-c1ccccc1C(F)(F)F. The standard InChI is InChI=1S/C14H10F3NO3/c15-14(16,17)10-4-2-1-3-9(10)12-8(7-11(19)20)5-6-18-13(12)21/h1-6H,7H2,(H,18,21)(H,19,20). The summed E-state index contributed by atoms with van der Waals surface area (Å²) in [5.74, 6) is -1.23. The van der Waals surface area contributed by atoms with Crippen molar-refractivity contribution in [2.75, 3.05) is 0 Å². The lowest BCUT2D eigenvalue weighted by molar-refractivity contribution is -0.137. The van der Waals surface area contributed by atoms with Crippen LogP contribution in [0.15, 0.2) is 41.3 Å². The average Bonchev–Trinajstić information content (AvgIpc) is 2.37. The molecule has 0 saturated carbocycles. The largest absolute Gasteiger partial charge is 0.481 e. The Balaban J connectivity index is 2.74. The van der Waals surface area contributed by atoms with Gasteiger partial charge in [0, 0.05) is 6.20 Å². The van der Waals surface area contributed by atoms with Crippen LogP contribution in [-0.4, -0.2) is 16.1 Å². The van der Waals surface area contributed by atoms with Crippen LogP contribution in [0.25, 0.3) is 11.1 Å². The summed E-state index contributed by atoms with van der Waals surface area (Å²) in [6.07, 6.45) is -3.97. The molecule has 1 aromatic carbocycles. The Morgan fingerprint density at radius 2 is 1.86 bits per heavy atom. The number of carbonyl (C=O) groups is 1. The number of halogens is 3. The first-order valence-electron chi connectivity index (χ1n) is 5.89. The van der Waals surface area contributed by atoms with Crippen molar-refractivity contribution in [3.8, 4) is 11.1 Å². The van der Waals surface area contributed by atoms with Crippen LogP contribution in [-0.2, 0) is 17.4 Å². The second kappa shape index (κ2) is 5.43. The van der Waals surface area contributed by atoms with Crippen molar-refractivity contribution in [1.29, 1.82) is 0 Å². The first kappa shape index (κ1) is 14.8. The number of hydrogen-bond donors (Lipinski definition) is 2. The molecule has 4 nitrogen and oxygen atoms in total. The van der Waals surface area contributed by atoms with E-state index in [4.69, 9.17) is 5.11 Å². The van der Waals surface area contributed by atoms with Crippen molar-refractivity contribution < 1.29 is 23.1 Å². The van der Waals surface area contributed by atoms with Crippen molar-refractivity contribution in [1.82, 2.24) is 4.98 Å². The van der Waals surface area contributed by atoms with Crippen LogP contribution in [0.5, 0.6) is 0 Å². The van der Waals surface area contributed by atoms with Crippen LogP contribution in [0.2, 0.25) is 0 Å². The second-order valence-corrected chi connectivity index (χ2v) is 4.32. The van der Waals surface area contributed by atoms with E-state index in [0.717, 1.165) is 12.1 Å². The molecule has 0 aliphatic carbocycles. The molecule has 0 atom stereocenters. The number of benzene rings is 1. The van der Waals surface area contributed by atoms with Gasteiger partial charge in [0.25, 0.3) is 5.56 Å². The van der Waals surface area contributed by atoms with Crippen LogP contribution in [0.4, 0.5) is 13.2 Å². The van der Waals surface area contributed by atoms with E-state index < -0.39 is 29.7 Å². The highest BCUT2D eigenvalue weighted by molar-refractivity contribution is 5.77. The number of alkyl halides is 3. The molecule has 0 radical (unpaired) electrons. The molecule has 1 aromatic heterocycles. The van der Waals surface area contributed by atoms with Gasteiger partial charge in [-0.25, -0.2) is 0 Å². The van der Waals surface area contributed by atoms with Gasteiger partial charge in [-0.1, -0.05) is 18.2 Å². The minimum Gasteiger partial charge on any atom is -0.481 e. The first-order chi connectivity index (χ1) is 9.80. The summed E-state index contributed by atoms with van der Waals surface area (Å²) in [6.45, 7) is 0. The highest BCUT2D eigenvalue weighted by atomic mass is 19.4. The van der Waals surface area contributed by atoms with Crippen molar-refractivity contribution >= 4 is 5.97 Å². The molecule has 0 spiro atoms. The third kappa shape index (κ3) is 3.13. The number of carboxylic acid groups (broad SMARTS) is 1. The van der Waals surface area contributed by atoms with Crippen molar-refractivity contribution in [2.45, 2.75) is 12.6 Å². The lowest BCUT2D eigenvalue weighted by Gasteiger charge is -2.14. The Bertz CT molecular complexity index is 735. The summed E-state index contributed by atoms with van der Waals surface area (Å²) in [5.41, 5.74) is -2.31. The molecule has 0 aliphatic rings. The predicted octanol–water partition coefficient (Wildman–Crippen LogP) is 2.69. The molecule has 2 rings (SSSR count). The van der Waals surface area contributed by atoms with Gasteiger partial charge in [-0.15, -0.1) is 0 Å². The van der Waals surface area contributed by atoms with Crippen molar-refractivity contribution in [2.24, 2.45) is 0 Å². The van der Waals surface area contributed by atoms with Gasteiger partial charge in [-0.3, -0.25) is 9.59 Å². The van der Waals surface area contributed by atoms with Gasteiger partial charge in [-0.05, 0) is 23.3 Å². The maximum absolute atomic E-state index is 13.0. The van der Waals surface area contributed by atoms with Crippen LogP contribution < -0.4 is 5.56 Å². The second-order valence-electron chi connectivity index (χ2n) is 4.32. The topological polar surface area (TPSA) is 70.2 Å². The monoisotopic (exact) mass is 297 g/mol. The predicted molar refractivity (Wildman–Crippen MR) is 68.8 cm³/mol. The molecular weight excluding hydrogens is 287 g/mol. The van der Waals surface area contributed by atoms with Gasteiger partial charge in [0.05, 0.1) is 17.5 Å². The number of H-pyrrole nitrogens is 1. The Labute approximate surface area is 116 Å². The number of aromatic nitrogens is 1. The van der Waals surface area contributed by atoms with Crippen molar-refractivity contribution in [3.63, 3.8) is 0 Å². The molecular formula is C14H10F3NO3. The van der Waals surface area contributed by atoms with E-state index in [0.29, 0.717) is 0 Å². The molecule has 0 unspecified atom stereocenters. The number of hydrogen-bond acceptors (Lipinski definition) is 2. The quantitative estimate of drug-likeness (QED) is 0.915. The Hall–Kier alpha value is -2.57. The molecule has 110 valence electrons. The molecule has 0 fully saturated rings. The smallest absolute Gasteiger partial charge is 0.417 e. The molecule has 0 aliphatic heterocycles. The van der Waals surface area contributed by atoms with E-state index in [1.54, 1.807) is 0 Å². The summed E-state index contributed by atoms with van der Waals surface area (Å²) >= 11 is 0. The van der Waals surface area contributed by atoms with Crippen LogP contribution >= 0.6 is 0 Å². The fourth-order valence-corrected chi connectivity index (χ4v) is 2.07. The van der Waals surface area contributed by atoms with Gasteiger partial charge in [0.1, 0.15) is 0 Å². The van der Waals surface area contributed by atoms with E-state index in [2.05, 4.69) is 4.98 Å². The summed E-state index contributed by atoms with van der Waals surface area (Å²) in [4.78, 5) is 25.0. The van der Waals surface area contributed by atoms with Gasteiger partial charge in [0.2, 0.25) is 0 Å². The molecule has 2 N–H and O–H groups in total. The summed E-state index contributed by atoms with van der Waals surface area (Å²) in [7, 11) is 0. The zero-order chi connectivity index (χ0) is 15.6. The first-order valence-corrected chi connectivity index (χ1v) is 5.89. The van der Waals surface area contributed by atoms with Gasteiger partial charge >= 0.3 is 12.1 Å². The molecule has 0 bridgehead atoms. The Morgan fingerprint density at radius 3 is 2.48 bits per heavy atom. The fraction of sp³-hybridized carbons (Fsp3) is 0.143. The third-order valence-corrected chi connectivity index (χ3v) is 2.89. The number of nitrogens with one attached hydrogen (secondary N) is 1. The van der Waals surface area contributed by atoms with E-state index in [-0.39, 0.29) is 16.7 Å². The molecule has 0 amide bonds. The summed E-state index contributed by atoms with van der Waals surface area (Å²) in [5, 5.41) is 8.82. The Kier molecular flexibility index (Phi) is 3.84. The van der Waals surface area contributed by atoms with Crippen LogP contribution in [0.1, 0.15) is 11.1 Å². The molecule has 0 saturated heterocycles. The molecule has 21 heavy (non-hydrogen) atoms. The maximum atomic E-state index is 13.0. The maximum Gasteiger partial charge on any atom is 0.417 e. The lowest BCUT2D eigenvalue weighted by Crippen LogP contribution is -2.16. The highest BCUT2D eigenvalue weighted by Crippen LogP contribution is 2.36. The van der Waals surface area contributed by atoms with Gasteiger partial charge in [-0.2, -0.15) is 13.2 Å². The number of aromatic amines is 1. The van der Waals surface area contributed by atoms with Crippen molar-refractivity contribution in [3.05, 3.63) is 58.0 Å². The van der Waals surface area contributed by atoms with E-state index >= 15 is 0 Å². The van der Waals surface area contributed by atoms with E-state index in [1.165, 1.54) is 24.4 Å². The molecule has 7 heteroatoms. The summed E-state index contributed by atoms with van der Waals surface area (Å²) in [6, 6.07) is 5.87. The Morgan fingerprint density at radius 1 is 1.19 bits per heavy atom. The van der Waals surface area contributed by atoms with Gasteiger partial charge in [0.15, 0.2) is 0 Å². The van der Waals surface area contributed by atoms with Gasteiger partial charge < -0.3 is 10.1 Å². The van der Waals surface area contributed by atoms with Crippen LogP contribution in [0.3, 0.4) is 0 Å². The lowest BCUT2D eigenvalue weighted by atomic mass is 9.95. The zero-order valence-corrected chi connectivity index (χ0v) is 10.6. The molecule has 1 heterocycles. The number of pyridine rings is 1. The number of carboxylic acids is 1. The van der Waals surface area contributed by atoms with Crippen LogP contribution in [0, 0.1) is 0 Å². The average molecular weight is 297 g/mol.